The first-order valence-electron chi connectivity index (χ1n) is 10.9. The van der Waals surface area contributed by atoms with Crippen LogP contribution in [0.2, 0.25) is 0 Å². The molecule has 172 valence electrons. The molecule has 0 atom stereocenters. The van der Waals surface area contributed by atoms with Crippen molar-refractivity contribution in [1.82, 2.24) is 14.5 Å². The molecule has 2 aromatic carbocycles. The van der Waals surface area contributed by atoms with Crippen LogP contribution >= 0.6 is 0 Å². The lowest BCUT2D eigenvalue weighted by Gasteiger charge is -2.29. The number of morpholine rings is 1. The number of hydrogen-bond acceptors (Lipinski definition) is 6. The van der Waals surface area contributed by atoms with Crippen molar-refractivity contribution in [1.29, 1.82) is 0 Å². The van der Waals surface area contributed by atoms with Gasteiger partial charge in [0.15, 0.2) is 0 Å². The zero-order chi connectivity index (χ0) is 23.5. The van der Waals surface area contributed by atoms with Crippen LogP contribution in [0.25, 0.3) is 16.7 Å². The fraction of sp³-hybridized carbons (Fsp3) is 0.160. The van der Waals surface area contributed by atoms with Crippen LogP contribution in [0.1, 0.15) is 0 Å². The lowest BCUT2D eigenvalue weighted by atomic mass is 10.2. The highest BCUT2D eigenvalue weighted by molar-refractivity contribution is 5.99. The van der Waals surface area contributed by atoms with E-state index in [1.54, 1.807) is 18.3 Å². The quantitative estimate of drug-likeness (QED) is 0.420. The lowest BCUT2D eigenvalue weighted by Crippen LogP contribution is -2.36. The molecule has 0 unspecified atom stereocenters. The summed E-state index contributed by atoms with van der Waals surface area (Å²) in [5.41, 5.74) is 3.26. The Morgan fingerprint density at radius 1 is 1.12 bits per heavy atom. The molecule has 0 radical (unpaired) electrons. The summed E-state index contributed by atoms with van der Waals surface area (Å²) in [5.74, 6) is -0.243. The summed E-state index contributed by atoms with van der Waals surface area (Å²) in [6.07, 6.45) is 4.82. The van der Waals surface area contributed by atoms with Crippen molar-refractivity contribution in [3.63, 3.8) is 0 Å². The molecule has 0 spiro atoms. The molecule has 2 N–H and O–H groups in total. The molecule has 1 aliphatic heterocycles. The molecule has 4 aromatic rings. The maximum absolute atomic E-state index is 14.8. The summed E-state index contributed by atoms with van der Waals surface area (Å²) in [7, 11) is 0. The van der Waals surface area contributed by atoms with Gasteiger partial charge in [0.1, 0.15) is 11.5 Å². The number of fused-ring (bicyclic) bond motifs is 1. The van der Waals surface area contributed by atoms with Gasteiger partial charge in [0, 0.05) is 47.9 Å². The number of nitrogens with one attached hydrogen (secondary N) is 2. The predicted octanol–water partition coefficient (Wildman–Crippen LogP) is 4.26. The van der Waals surface area contributed by atoms with Gasteiger partial charge < -0.3 is 24.8 Å². The second-order valence-electron chi connectivity index (χ2n) is 7.79. The zero-order valence-electron chi connectivity index (χ0n) is 18.4. The Morgan fingerprint density at radius 3 is 2.76 bits per heavy atom. The Morgan fingerprint density at radius 2 is 1.97 bits per heavy atom. The van der Waals surface area contributed by atoms with Gasteiger partial charge in [0.2, 0.25) is 11.9 Å². The fourth-order valence-corrected chi connectivity index (χ4v) is 3.89. The maximum Gasteiger partial charge on any atom is 0.247 e. The number of hydrogen-bond donors (Lipinski definition) is 2. The minimum Gasteiger partial charge on any atom is -0.378 e. The SMILES string of the molecule is C=CC(=O)Nc1cccc(-n2ccc3cnc(Nc4ccc(N5CCOCC5)c(F)c4)nc32)c1. The van der Waals surface area contributed by atoms with Gasteiger partial charge in [-0.05, 0) is 48.5 Å². The Labute approximate surface area is 195 Å². The van der Waals surface area contributed by atoms with Gasteiger partial charge in [-0.1, -0.05) is 12.6 Å². The van der Waals surface area contributed by atoms with Crippen molar-refractivity contribution in [2.45, 2.75) is 0 Å². The average Bonchev–Trinajstić information content (AvgIpc) is 3.28. The van der Waals surface area contributed by atoms with Gasteiger partial charge in [-0.25, -0.2) is 9.37 Å². The number of carbonyl (C=O) groups excluding carboxylic acids is 1. The zero-order valence-corrected chi connectivity index (χ0v) is 18.4. The van der Waals surface area contributed by atoms with Crippen molar-refractivity contribution in [3.8, 4) is 5.69 Å². The van der Waals surface area contributed by atoms with Crippen molar-refractivity contribution >= 4 is 40.0 Å². The van der Waals surface area contributed by atoms with Gasteiger partial charge >= 0.3 is 0 Å². The molecule has 1 saturated heterocycles. The number of aromatic nitrogens is 3. The van der Waals surface area contributed by atoms with Gasteiger partial charge in [0.05, 0.1) is 18.9 Å². The van der Waals surface area contributed by atoms with Crippen molar-refractivity contribution in [3.05, 3.63) is 79.4 Å². The first kappa shape index (κ1) is 21.6. The van der Waals surface area contributed by atoms with Crippen LogP contribution in [0, 0.1) is 5.82 Å². The number of anilines is 4. The molecule has 3 heterocycles. The van der Waals surface area contributed by atoms with Crippen LogP contribution in [0.4, 0.5) is 27.4 Å². The first-order valence-corrected chi connectivity index (χ1v) is 10.9. The Kier molecular flexibility index (Phi) is 5.92. The van der Waals surface area contributed by atoms with Crippen LogP contribution in [-0.4, -0.2) is 46.7 Å². The normalized spacial score (nSPS) is 13.6. The van der Waals surface area contributed by atoms with E-state index in [1.165, 1.54) is 12.1 Å². The molecule has 0 aliphatic carbocycles. The van der Waals surface area contributed by atoms with E-state index in [1.807, 2.05) is 46.0 Å². The molecule has 34 heavy (non-hydrogen) atoms. The van der Waals surface area contributed by atoms with Gasteiger partial charge in [0.25, 0.3) is 0 Å². The van der Waals surface area contributed by atoms with Gasteiger partial charge in [-0.3, -0.25) is 4.79 Å². The molecular formula is C25H23FN6O2. The van der Waals surface area contributed by atoms with E-state index >= 15 is 0 Å². The van der Waals surface area contributed by atoms with Crippen LogP contribution in [0.3, 0.4) is 0 Å². The topological polar surface area (TPSA) is 84.3 Å². The van der Waals surface area contributed by atoms with E-state index in [2.05, 4.69) is 27.2 Å². The average molecular weight is 458 g/mol. The smallest absolute Gasteiger partial charge is 0.247 e. The van der Waals surface area contributed by atoms with Crippen LogP contribution in [-0.2, 0) is 9.53 Å². The maximum atomic E-state index is 14.8. The third-order valence-corrected chi connectivity index (χ3v) is 5.56. The minimum absolute atomic E-state index is 0.282. The second-order valence-corrected chi connectivity index (χ2v) is 7.79. The van der Waals surface area contributed by atoms with Crippen LogP contribution < -0.4 is 15.5 Å². The first-order chi connectivity index (χ1) is 16.6. The van der Waals surface area contributed by atoms with E-state index in [9.17, 15) is 9.18 Å². The Balaban J connectivity index is 1.40. The van der Waals surface area contributed by atoms with Crippen molar-refractivity contribution < 1.29 is 13.9 Å². The molecule has 8 nitrogen and oxygen atoms in total. The summed E-state index contributed by atoms with van der Waals surface area (Å²) in [6.45, 7) is 5.99. The summed E-state index contributed by atoms with van der Waals surface area (Å²) in [5, 5.41) is 6.70. The van der Waals surface area contributed by atoms with E-state index in [-0.39, 0.29) is 11.7 Å². The van der Waals surface area contributed by atoms with E-state index in [0.717, 1.165) is 11.1 Å². The van der Waals surface area contributed by atoms with Gasteiger partial charge in [-0.2, -0.15) is 4.98 Å². The molecule has 0 bridgehead atoms. The van der Waals surface area contributed by atoms with Crippen molar-refractivity contribution in [2.75, 3.05) is 41.8 Å². The molecular weight excluding hydrogens is 435 g/mol. The fourth-order valence-electron chi connectivity index (χ4n) is 3.89. The highest BCUT2D eigenvalue weighted by Crippen LogP contribution is 2.26. The Hall–Kier alpha value is -4.24. The third-order valence-electron chi connectivity index (χ3n) is 5.56. The second kappa shape index (κ2) is 9.32. The highest BCUT2D eigenvalue weighted by Gasteiger charge is 2.16. The number of amides is 1. The number of nitrogens with zero attached hydrogens (tertiary/aromatic N) is 4. The summed E-state index contributed by atoms with van der Waals surface area (Å²) in [6, 6.07) is 14.3. The minimum atomic E-state index is -0.310. The molecule has 9 heteroatoms. The third kappa shape index (κ3) is 4.46. The Bertz CT molecular complexity index is 1360. The standard InChI is InChI=1S/C25H23FN6O2/c1-2-23(33)28-18-4-3-5-20(14-18)32-9-8-17-16-27-25(30-24(17)32)29-19-6-7-22(21(26)15-19)31-10-12-34-13-11-31/h2-9,14-16H,1,10-13H2,(H,28,33)(H,27,29,30). The number of carbonyl (C=O) groups is 1. The summed E-state index contributed by atoms with van der Waals surface area (Å²) in [4.78, 5) is 22.6. The van der Waals surface area contributed by atoms with Crippen LogP contribution in [0.15, 0.2) is 73.6 Å². The largest absolute Gasteiger partial charge is 0.378 e. The number of ether oxygens (including phenoxy) is 1. The summed E-state index contributed by atoms with van der Waals surface area (Å²) >= 11 is 0. The number of halogens is 1. The van der Waals surface area contributed by atoms with Crippen molar-refractivity contribution in [2.24, 2.45) is 0 Å². The molecule has 0 saturated carbocycles. The molecule has 1 amide bonds. The number of rotatable bonds is 6. The van der Waals surface area contributed by atoms with E-state index in [4.69, 9.17) is 4.74 Å². The van der Waals surface area contributed by atoms with Gasteiger partial charge in [-0.15, -0.1) is 0 Å². The predicted molar refractivity (Wildman–Crippen MR) is 130 cm³/mol. The monoisotopic (exact) mass is 458 g/mol. The molecule has 1 aliphatic rings. The summed E-state index contributed by atoms with van der Waals surface area (Å²) < 4.78 is 22.0. The van der Waals surface area contributed by atoms with E-state index in [0.29, 0.717) is 55.0 Å². The molecule has 2 aromatic heterocycles. The number of benzene rings is 2. The van der Waals surface area contributed by atoms with Crippen LogP contribution in [0.5, 0.6) is 0 Å². The molecule has 5 rings (SSSR count). The highest BCUT2D eigenvalue weighted by atomic mass is 19.1. The lowest BCUT2D eigenvalue weighted by molar-refractivity contribution is -0.111. The van der Waals surface area contributed by atoms with E-state index < -0.39 is 0 Å². The molecule has 1 fully saturated rings.